The van der Waals surface area contributed by atoms with Crippen LogP contribution in [-0.2, 0) is 0 Å². The summed E-state index contributed by atoms with van der Waals surface area (Å²) in [4.78, 5) is 2.44. The Kier molecular flexibility index (Phi) is 5.46. The first kappa shape index (κ1) is 13.7. The lowest BCUT2D eigenvalue weighted by Gasteiger charge is -2.36. The molecular weight excluding hydrogens is 216 g/mol. The molecule has 3 heteroatoms. The second-order valence-corrected chi connectivity index (χ2v) is 5.28. The Labute approximate surface area is 103 Å². The highest BCUT2D eigenvalue weighted by atomic mass is 32.1. The number of rotatable bonds is 6. The van der Waals surface area contributed by atoms with Gasteiger partial charge in [-0.1, -0.05) is 13.8 Å². The van der Waals surface area contributed by atoms with Gasteiger partial charge < -0.3 is 5.73 Å². The van der Waals surface area contributed by atoms with Crippen molar-refractivity contribution in [3.05, 3.63) is 22.4 Å². The van der Waals surface area contributed by atoms with Gasteiger partial charge in [0.15, 0.2) is 0 Å². The zero-order chi connectivity index (χ0) is 12.1. The Bertz CT molecular complexity index is 278. The molecule has 2 nitrogen and oxygen atoms in total. The van der Waals surface area contributed by atoms with Crippen molar-refractivity contribution in [1.82, 2.24) is 4.90 Å². The van der Waals surface area contributed by atoms with Gasteiger partial charge in [-0.05, 0) is 49.2 Å². The van der Waals surface area contributed by atoms with Crippen LogP contribution in [0.25, 0.3) is 0 Å². The summed E-state index contributed by atoms with van der Waals surface area (Å²) in [5, 5.41) is 4.35. The van der Waals surface area contributed by atoms with E-state index in [4.69, 9.17) is 5.73 Å². The summed E-state index contributed by atoms with van der Waals surface area (Å²) in [6, 6.07) is 3.32. The molecule has 0 bridgehead atoms. The van der Waals surface area contributed by atoms with Crippen molar-refractivity contribution in [2.45, 2.75) is 51.7 Å². The van der Waals surface area contributed by atoms with E-state index < -0.39 is 0 Å². The van der Waals surface area contributed by atoms with Crippen LogP contribution in [0.2, 0.25) is 0 Å². The molecule has 0 amide bonds. The van der Waals surface area contributed by atoms with Gasteiger partial charge in [-0.3, -0.25) is 4.90 Å². The number of hydrogen-bond acceptors (Lipinski definition) is 3. The van der Waals surface area contributed by atoms with Crippen LogP contribution in [0.15, 0.2) is 16.8 Å². The first-order valence-corrected chi connectivity index (χ1v) is 7.05. The highest BCUT2D eigenvalue weighted by Gasteiger charge is 2.25. The standard InChI is InChI=1S/C13H24N2S/c1-5-12(6-2)15(4)13(10(3)14)11-7-8-16-9-11/h7-10,12-13H,5-6,14H2,1-4H3. The minimum absolute atomic E-state index is 0.167. The fraction of sp³-hybridized carbons (Fsp3) is 0.692. The Morgan fingerprint density at radius 2 is 2.00 bits per heavy atom. The number of nitrogens with two attached hydrogens (primary N) is 1. The van der Waals surface area contributed by atoms with Crippen LogP contribution in [0.5, 0.6) is 0 Å². The van der Waals surface area contributed by atoms with Crippen molar-refractivity contribution >= 4 is 11.3 Å². The maximum absolute atomic E-state index is 6.14. The molecule has 0 aliphatic rings. The van der Waals surface area contributed by atoms with Gasteiger partial charge in [0.2, 0.25) is 0 Å². The van der Waals surface area contributed by atoms with E-state index in [0.29, 0.717) is 12.1 Å². The lowest BCUT2D eigenvalue weighted by Crippen LogP contribution is -2.42. The minimum Gasteiger partial charge on any atom is -0.326 e. The summed E-state index contributed by atoms with van der Waals surface area (Å²) in [6.45, 7) is 6.59. The van der Waals surface area contributed by atoms with Crippen LogP contribution in [0.1, 0.15) is 45.2 Å². The van der Waals surface area contributed by atoms with Gasteiger partial charge in [-0.2, -0.15) is 11.3 Å². The second-order valence-electron chi connectivity index (χ2n) is 4.50. The molecule has 0 aliphatic carbocycles. The lowest BCUT2D eigenvalue weighted by atomic mass is 9.99. The number of hydrogen-bond donors (Lipinski definition) is 1. The maximum atomic E-state index is 6.14. The summed E-state index contributed by atoms with van der Waals surface area (Å²) < 4.78 is 0. The van der Waals surface area contributed by atoms with Crippen molar-refractivity contribution in [1.29, 1.82) is 0 Å². The van der Waals surface area contributed by atoms with E-state index in [-0.39, 0.29) is 6.04 Å². The summed E-state index contributed by atoms with van der Waals surface area (Å²) in [7, 11) is 2.20. The van der Waals surface area contributed by atoms with Gasteiger partial charge in [-0.25, -0.2) is 0 Å². The molecule has 0 fully saturated rings. The summed E-state index contributed by atoms with van der Waals surface area (Å²) in [5.41, 5.74) is 7.49. The Morgan fingerprint density at radius 3 is 2.38 bits per heavy atom. The maximum Gasteiger partial charge on any atom is 0.0504 e. The number of likely N-dealkylation sites (N-methyl/N-ethyl adjacent to an activating group) is 1. The van der Waals surface area contributed by atoms with E-state index in [0.717, 1.165) is 0 Å². The van der Waals surface area contributed by atoms with Crippen LogP contribution < -0.4 is 5.73 Å². The molecule has 0 radical (unpaired) electrons. The first-order valence-electron chi connectivity index (χ1n) is 6.11. The van der Waals surface area contributed by atoms with Crippen molar-refractivity contribution in [3.8, 4) is 0 Å². The van der Waals surface area contributed by atoms with Crippen molar-refractivity contribution in [2.24, 2.45) is 5.73 Å². The zero-order valence-corrected chi connectivity index (χ0v) is 11.6. The van der Waals surface area contributed by atoms with Gasteiger partial charge in [0, 0.05) is 12.1 Å². The molecule has 1 aromatic rings. The Morgan fingerprint density at radius 1 is 1.38 bits per heavy atom. The fourth-order valence-electron chi connectivity index (χ4n) is 2.44. The van der Waals surface area contributed by atoms with Gasteiger partial charge in [0.25, 0.3) is 0 Å². The summed E-state index contributed by atoms with van der Waals surface area (Å²) in [5.74, 6) is 0. The molecule has 1 heterocycles. The smallest absolute Gasteiger partial charge is 0.0504 e. The largest absolute Gasteiger partial charge is 0.326 e. The van der Waals surface area contributed by atoms with Crippen molar-refractivity contribution in [2.75, 3.05) is 7.05 Å². The van der Waals surface area contributed by atoms with Crippen molar-refractivity contribution in [3.63, 3.8) is 0 Å². The molecule has 0 aliphatic heterocycles. The fourth-order valence-corrected chi connectivity index (χ4v) is 3.13. The predicted molar refractivity (Wildman–Crippen MR) is 72.8 cm³/mol. The number of nitrogens with zero attached hydrogens (tertiary/aromatic N) is 1. The molecule has 0 aromatic carbocycles. The minimum atomic E-state index is 0.167. The molecule has 1 aromatic heterocycles. The average molecular weight is 240 g/mol. The molecule has 16 heavy (non-hydrogen) atoms. The van der Waals surface area contributed by atoms with E-state index in [9.17, 15) is 0 Å². The molecule has 2 N–H and O–H groups in total. The lowest BCUT2D eigenvalue weighted by molar-refractivity contribution is 0.147. The molecule has 92 valence electrons. The van der Waals surface area contributed by atoms with Gasteiger partial charge in [0.1, 0.15) is 0 Å². The molecule has 2 atom stereocenters. The van der Waals surface area contributed by atoms with Crippen LogP contribution in [0, 0.1) is 0 Å². The third kappa shape index (κ3) is 3.06. The molecule has 0 spiro atoms. The van der Waals surface area contributed by atoms with E-state index in [1.54, 1.807) is 11.3 Å². The molecule has 0 saturated heterocycles. The number of thiophene rings is 1. The van der Waals surface area contributed by atoms with Gasteiger partial charge in [0.05, 0.1) is 6.04 Å². The molecule has 0 saturated carbocycles. The Hall–Kier alpha value is -0.380. The summed E-state index contributed by atoms with van der Waals surface area (Å²) in [6.07, 6.45) is 2.36. The summed E-state index contributed by atoms with van der Waals surface area (Å²) >= 11 is 1.75. The van der Waals surface area contributed by atoms with E-state index in [1.165, 1.54) is 18.4 Å². The van der Waals surface area contributed by atoms with Gasteiger partial charge in [-0.15, -0.1) is 0 Å². The van der Waals surface area contributed by atoms with E-state index in [2.05, 4.69) is 49.5 Å². The second kappa shape index (κ2) is 6.38. The molecule has 1 rings (SSSR count). The average Bonchev–Trinajstić information content (AvgIpc) is 2.72. The van der Waals surface area contributed by atoms with Gasteiger partial charge >= 0.3 is 0 Å². The third-order valence-corrected chi connectivity index (χ3v) is 4.04. The van der Waals surface area contributed by atoms with E-state index in [1.807, 2.05) is 0 Å². The van der Waals surface area contributed by atoms with Crippen LogP contribution >= 0.6 is 11.3 Å². The highest BCUT2D eigenvalue weighted by Crippen LogP contribution is 2.27. The molecular formula is C13H24N2S. The highest BCUT2D eigenvalue weighted by molar-refractivity contribution is 7.07. The van der Waals surface area contributed by atoms with Crippen LogP contribution in [-0.4, -0.2) is 24.0 Å². The third-order valence-electron chi connectivity index (χ3n) is 3.34. The first-order chi connectivity index (χ1) is 7.61. The topological polar surface area (TPSA) is 29.3 Å². The predicted octanol–water partition coefficient (Wildman–Crippen LogP) is 3.26. The Balaban J connectivity index is 2.86. The monoisotopic (exact) mass is 240 g/mol. The van der Waals surface area contributed by atoms with Crippen LogP contribution in [0.3, 0.4) is 0 Å². The zero-order valence-electron chi connectivity index (χ0n) is 10.8. The van der Waals surface area contributed by atoms with Crippen molar-refractivity contribution < 1.29 is 0 Å². The SMILES string of the molecule is CCC(CC)N(C)C(c1ccsc1)C(C)N. The quantitative estimate of drug-likeness (QED) is 0.827. The van der Waals surface area contributed by atoms with Crippen LogP contribution in [0.4, 0.5) is 0 Å². The normalized spacial score (nSPS) is 15.7. The molecule has 2 unspecified atom stereocenters. The van der Waals surface area contributed by atoms with E-state index >= 15 is 0 Å².